The number of nitrogens with two attached hydrogens (primary N) is 6. The summed E-state index contributed by atoms with van der Waals surface area (Å²) in [6.07, 6.45) is 2.35. The van der Waals surface area contributed by atoms with Gasteiger partial charge in [0.1, 0.15) is 12.1 Å². The topological polar surface area (TPSA) is 268 Å². The van der Waals surface area contributed by atoms with E-state index in [0.29, 0.717) is 25.0 Å². The standard InChI is InChI=1S/C16H28N8O6/c17-9(3-1-7-23-15(19)20)13(27)29-11(25)5-6-12(26)30-14(28)10(18)4-2-8-24-16(21)22/h5-6,9-10H,1-4,7-8,17-18H2,(H4,19,20,23)(H4,21,22,24)/b6-5+/t9-,10-/m0/s1. The monoisotopic (exact) mass is 428 g/mol. The van der Waals surface area contributed by atoms with E-state index in [4.69, 9.17) is 34.4 Å². The van der Waals surface area contributed by atoms with Gasteiger partial charge in [0, 0.05) is 25.2 Å². The summed E-state index contributed by atoms with van der Waals surface area (Å²) >= 11 is 0. The quantitative estimate of drug-likeness (QED) is 0.0440. The highest BCUT2D eigenvalue weighted by atomic mass is 16.6. The Morgan fingerprint density at radius 2 is 1.03 bits per heavy atom. The highest BCUT2D eigenvalue weighted by Gasteiger charge is 2.19. The molecule has 2 atom stereocenters. The lowest BCUT2D eigenvalue weighted by Crippen LogP contribution is -2.34. The fraction of sp³-hybridized carbons (Fsp3) is 0.500. The molecule has 0 saturated carbocycles. The molecule has 0 aliphatic rings. The molecule has 0 aromatic rings. The Hall–Kier alpha value is -3.52. The number of aliphatic imine (C=N–C) groups is 2. The molecule has 0 rings (SSSR count). The summed E-state index contributed by atoms with van der Waals surface area (Å²) in [5.74, 6) is -4.51. The zero-order chi connectivity index (χ0) is 23.1. The highest BCUT2D eigenvalue weighted by Crippen LogP contribution is 2.00. The molecule has 0 bridgehead atoms. The van der Waals surface area contributed by atoms with Crippen LogP contribution < -0.4 is 34.4 Å². The van der Waals surface area contributed by atoms with Crippen molar-refractivity contribution in [3.05, 3.63) is 12.2 Å². The molecule has 0 radical (unpaired) electrons. The smallest absolute Gasteiger partial charge is 0.338 e. The number of carbonyl (C=O) groups excluding carboxylic acids is 4. The van der Waals surface area contributed by atoms with E-state index in [9.17, 15) is 19.2 Å². The number of guanidine groups is 2. The molecule has 0 spiro atoms. The minimum Gasteiger partial charge on any atom is -0.389 e. The largest absolute Gasteiger partial charge is 0.389 e. The van der Waals surface area contributed by atoms with Crippen LogP contribution in [0.1, 0.15) is 25.7 Å². The molecule has 0 heterocycles. The van der Waals surface area contributed by atoms with Crippen molar-refractivity contribution < 1.29 is 28.7 Å². The van der Waals surface area contributed by atoms with Crippen molar-refractivity contribution in [1.82, 2.24) is 0 Å². The van der Waals surface area contributed by atoms with Crippen LogP contribution in [0.5, 0.6) is 0 Å². The van der Waals surface area contributed by atoms with Crippen LogP contribution >= 0.6 is 0 Å². The fourth-order valence-corrected chi connectivity index (χ4v) is 1.83. The number of esters is 4. The van der Waals surface area contributed by atoms with Gasteiger partial charge in [0.2, 0.25) is 0 Å². The summed E-state index contributed by atoms with van der Waals surface area (Å²) in [7, 11) is 0. The summed E-state index contributed by atoms with van der Waals surface area (Å²) in [6.45, 7) is 0.515. The molecule has 0 saturated heterocycles. The molecule has 0 amide bonds. The molecule has 0 fully saturated rings. The van der Waals surface area contributed by atoms with Gasteiger partial charge in [0.05, 0.1) is 0 Å². The number of hydrogen-bond donors (Lipinski definition) is 6. The van der Waals surface area contributed by atoms with Crippen molar-refractivity contribution in [3.63, 3.8) is 0 Å². The van der Waals surface area contributed by atoms with Gasteiger partial charge in [0.25, 0.3) is 0 Å². The lowest BCUT2D eigenvalue weighted by atomic mass is 10.2. The molecule has 0 aromatic heterocycles. The minimum atomic E-state index is -1.16. The van der Waals surface area contributed by atoms with E-state index in [-0.39, 0.29) is 37.9 Å². The molecule has 0 aromatic carbocycles. The maximum absolute atomic E-state index is 11.7. The maximum atomic E-state index is 11.7. The SMILES string of the molecule is NC(N)=NCCC[C@H](N)C(=O)OC(=O)/C=C/C(=O)OC(=O)[C@@H](N)CCCN=C(N)N. The predicted octanol–water partition coefficient (Wildman–Crippen LogP) is -3.56. The van der Waals surface area contributed by atoms with Gasteiger partial charge in [-0.3, -0.25) is 9.98 Å². The Morgan fingerprint density at radius 1 is 0.700 bits per heavy atom. The minimum absolute atomic E-state index is 0.0938. The molecule has 12 N–H and O–H groups in total. The second kappa shape index (κ2) is 14.5. The lowest BCUT2D eigenvalue weighted by molar-refractivity contribution is -0.160. The highest BCUT2D eigenvalue weighted by molar-refractivity contribution is 6.00. The summed E-state index contributed by atoms with van der Waals surface area (Å²) in [5, 5.41) is 0. The number of ether oxygens (including phenoxy) is 2. The van der Waals surface area contributed by atoms with E-state index in [1.807, 2.05) is 0 Å². The zero-order valence-corrected chi connectivity index (χ0v) is 16.4. The van der Waals surface area contributed by atoms with Crippen LogP contribution in [-0.2, 0) is 28.7 Å². The summed E-state index contributed by atoms with van der Waals surface area (Å²) in [6, 6.07) is -2.16. The first-order valence-corrected chi connectivity index (χ1v) is 8.84. The van der Waals surface area contributed by atoms with Gasteiger partial charge >= 0.3 is 23.9 Å². The first-order chi connectivity index (χ1) is 14.0. The average Bonchev–Trinajstić information content (AvgIpc) is 2.66. The van der Waals surface area contributed by atoms with Gasteiger partial charge < -0.3 is 43.9 Å². The van der Waals surface area contributed by atoms with Crippen molar-refractivity contribution in [2.75, 3.05) is 13.1 Å². The Labute approximate surface area is 172 Å². The van der Waals surface area contributed by atoms with Crippen molar-refractivity contribution >= 4 is 35.8 Å². The van der Waals surface area contributed by atoms with Crippen LogP contribution in [-0.4, -0.2) is 61.0 Å². The number of hydrogen-bond acceptors (Lipinski definition) is 10. The van der Waals surface area contributed by atoms with E-state index in [2.05, 4.69) is 19.5 Å². The normalized spacial score (nSPS) is 12.5. The molecule has 14 heteroatoms. The second-order valence-corrected chi connectivity index (χ2v) is 5.92. The van der Waals surface area contributed by atoms with Gasteiger partial charge in [-0.05, 0) is 25.7 Å². The summed E-state index contributed by atoms with van der Waals surface area (Å²) in [5.41, 5.74) is 31.7. The molecule has 30 heavy (non-hydrogen) atoms. The van der Waals surface area contributed by atoms with Crippen LogP contribution in [0.3, 0.4) is 0 Å². The van der Waals surface area contributed by atoms with E-state index < -0.39 is 36.0 Å². The van der Waals surface area contributed by atoms with Gasteiger partial charge in [-0.15, -0.1) is 0 Å². The third-order valence-electron chi connectivity index (χ3n) is 3.30. The third kappa shape index (κ3) is 13.6. The molecule has 0 aliphatic carbocycles. The first kappa shape index (κ1) is 26.5. The van der Waals surface area contributed by atoms with Gasteiger partial charge in [-0.2, -0.15) is 0 Å². The Morgan fingerprint density at radius 3 is 1.33 bits per heavy atom. The molecule has 168 valence electrons. The van der Waals surface area contributed by atoms with Crippen LogP contribution in [0.4, 0.5) is 0 Å². The van der Waals surface area contributed by atoms with Crippen LogP contribution in [0.15, 0.2) is 22.1 Å². The van der Waals surface area contributed by atoms with Crippen molar-refractivity contribution in [1.29, 1.82) is 0 Å². The molecule has 0 unspecified atom stereocenters. The van der Waals surface area contributed by atoms with E-state index in [0.717, 1.165) is 0 Å². The van der Waals surface area contributed by atoms with Crippen molar-refractivity contribution in [2.45, 2.75) is 37.8 Å². The number of rotatable bonds is 12. The first-order valence-electron chi connectivity index (χ1n) is 8.84. The van der Waals surface area contributed by atoms with Crippen LogP contribution in [0, 0.1) is 0 Å². The molecular weight excluding hydrogens is 400 g/mol. The van der Waals surface area contributed by atoms with Crippen LogP contribution in [0.2, 0.25) is 0 Å². The van der Waals surface area contributed by atoms with Gasteiger partial charge in [-0.1, -0.05) is 0 Å². The van der Waals surface area contributed by atoms with Crippen LogP contribution in [0.25, 0.3) is 0 Å². The second-order valence-electron chi connectivity index (χ2n) is 5.92. The summed E-state index contributed by atoms with van der Waals surface area (Å²) in [4.78, 5) is 53.8. The Balaban J connectivity index is 4.28. The van der Waals surface area contributed by atoms with E-state index >= 15 is 0 Å². The summed E-state index contributed by atoms with van der Waals surface area (Å²) < 4.78 is 8.91. The Bertz CT molecular complexity index is 640. The zero-order valence-electron chi connectivity index (χ0n) is 16.4. The maximum Gasteiger partial charge on any atom is 0.338 e. The molecule has 14 nitrogen and oxygen atoms in total. The van der Waals surface area contributed by atoms with Gasteiger partial charge in [-0.25, -0.2) is 19.2 Å². The molecule has 0 aliphatic heterocycles. The molecular formula is C16H28N8O6. The predicted molar refractivity (Wildman–Crippen MR) is 107 cm³/mol. The fourth-order valence-electron chi connectivity index (χ4n) is 1.83. The number of nitrogens with zero attached hydrogens (tertiary/aromatic N) is 2. The van der Waals surface area contributed by atoms with Crippen molar-refractivity contribution in [3.8, 4) is 0 Å². The Kier molecular flexibility index (Phi) is 12.8. The number of carbonyl (C=O) groups is 4. The average molecular weight is 428 g/mol. The van der Waals surface area contributed by atoms with E-state index in [1.54, 1.807) is 0 Å². The lowest BCUT2D eigenvalue weighted by Gasteiger charge is -2.09. The van der Waals surface area contributed by atoms with Gasteiger partial charge in [0.15, 0.2) is 11.9 Å². The van der Waals surface area contributed by atoms with Crippen molar-refractivity contribution in [2.24, 2.45) is 44.4 Å². The van der Waals surface area contributed by atoms with E-state index in [1.165, 1.54) is 0 Å². The third-order valence-corrected chi connectivity index (χ3v) is 3.30.